The van der Waals surface area contributed by atoms with E-state index in [9.17, 15) is 0 Å². The standard InChI is InChI=1S/C7H16O3Si/c1-7(2)5-9-11(4,8-3)10-6-7/h5-6H2,1-4H3. The largest absolute Gasteiger partial charge is 0.497 e. The van der Waals surface area contributed by atoms with Gasteiger partial charge in [-0.3, -0.25) is 0 Å². The number of hydrogen-bond acceptors (Lipinski definition) is 3. The van der Waals surface area contributed by atoms with E-state index in [2.05, 4.69) is 13.8 Å². The summed E-state index contributed by atoms with van der Waals surface area (Å²) in [5.41, 5.74) is 0.144. The highest BCUT2D eigenvalue weighted by molar-refractivity contribution is 6.59. The van der Waals surface area contributed by atoms with Crippen molar-refractivity contribution in [2.75, 3.05) is 20.3 Å². The molecule has 4 heteroatoms. The molecule has 0 aliphatic carbocycles. The van der Waals surface area contributed by atoms with E-state index in [1.54, 1.807) is 7.11 Å². The summed E-state index contributed by atoms with van der Waals surface area (Å²) in [7, 11) is -0.556. The smallest absolute Gasteiger partial charge is 0.377 e. The Balaban J connectivity index is 2.48. The third-order valence-corrected chi connectivity index (χ3v) is 3.90. The van der Waals surface area contributed by atoms with Gasteiger partial charge >= 0.3 is 8.80 Å². The summed E-state index contributed by atoms with van der Waals surface area (Å²) in [5.74, 6) is 0. The summed E-state index contributed by atoms with van der Waals surface area (Å²) in [6.07, 6.45) is 0. The molecule has 0 N–H and O–H groups in total. The Kier molecular flexibility index (Phi) is 2.39. The molecule has 1 heterocycles. The van der Waals surface area contributed by atoms with Crippen LogP contribution in [0.2, 0.25) is 6.55 Å². The summed E-state index contributed by atoms with van der Waals surface area (Å²) in [6.45, 7) is 7.64. The monoisotopic (exact) mass is 176 g/mol. The molecular formula is C7H16O3Si. The topological polar surface area (TPSA) is 27.7 Å². The number of rotatable bonds is 1. The molecule has 0 aromatic rings. The van der Waals surface area contributed by atoms with Gasteiger partial charge in [0.2, 0.25) is 0 Å². The van der Waals surface area contributed by atoms with Crippen LogP contribution in [0.3, 0.4) is 0 Å². The van der Waals surface area contributed by atoms with Crippen molar-refractivity contribution in [1.82, 2.24) is 0 Å². The lowest BCUT2D eigenvalue weighted by atomic mass is 9.97. The van der Waals surface area contributed by atoms with E-state index in [-0.39, 0.29) is 5.41 Å². The summed E-state index contributed by atoms with van der Waals surface area (Å²) in [5, 5.41) is 0. The molecule has 1 fully saturated rings. The van der Waals surface area contributed by atoms with Crippen molar-refractivity contribution in [3.8, 4) is 0 Å². The second-order valence-corrected chi connectivity index (χ2v) is 6.52. The quantitative estimate of drug-likeness (QED) is 0.563. The van der Waals surface area contributed by atoms with Gasteiger partial charge in [0.15, 0.2) is 0 Å². The van der Waals surface area contributed by atoms with Gasteiger partial charge in [-0.1, -0.05) is 13.8 Å². The lowest BCUT2D eigenvalue weighted by Crippen LogP contribution is -2.51. The maximum Gasteiger partial charge on any atom is 0.497 e. The predicted molar refractivity (Wildman–Crippen MR) is 44.3 cm³/mol. The molecule has 1 aliphatic heterocycles. The zero-order valence-electron chi connectivity index (χ0n) is 7.64. The van der Waals surface area contributed by atoms with Crippen molar-refractivity contribution in [2.24, 2.45) is 5.41 Å². The van der Waals surface area contributed by atoms with Crippen molar-refractivity contribution in [3.05, 3.63) is 0 Å². The Labute approximate surface area is 69.0 Å². The first-order valence-electron chi connectivity index (χ1n) is 3.81. The van der Waals surface area contributed by atoms with Crippen LogP contribution in [-0.4, -0.2) is 29.1 Å². The van der Waals surface area contributed by atoms with Gasteiger partial charge in [0.05, 0.1) is 0 Å². The van der Waals surface area contributed by atoms with Crippen molar-refractivity contribution >= 4 is 8.80 Å². The van der Waals surface area contributed by atoms with E-state index in [0.29, 0.717) is 0 Å². The maximum atomic E-state index is 5.52. The molecule has 0 amide bonds. The van der Waals surface area contributed by atoms with Crippen LogP contribution >= 0.6 is 0 Å². The van der Waals surface area contributed by atoms with Gasteiger partial charge in [-0.25, -0.2) is 0 Å². The first-order valence-corrected chi connectivity index (χ1v) is 6.03. The van der Waals surface area contributed by atoms with E-state index in [1.165, 1.54) is 0 Å². The van der Waals surface area contributed by atoms with Crippen molar-refractivity contribution in [1.29, 1.82) is 0 Å². The number of hydrogen-bond donors (Lipinski definition) is 0. The molecule has 0 bridgehead atoms. The molecule has 3 nitrogen and oxygen atoms in total. The van der Waals surface area contributed by atoms with Crippen LogP contribution in [-0.2, 0) is 13.3 Å². The van der Waals surface area contributed by atoms with Crippen LogP contribution in [0.1, 0.15) is 13.8 Å². The fourth-order valence-corrected chi connectivity index (χ4v) is 2.48. The lowest BCUT2D eigenvalue weighted by molar-refractivity contribution is -0.0304. The van der Waals surface area contributed by atoms with Crippen LogP contribution in [0.5, 0.6) is 0 Å². The molecule has 1 aliphatic rings. The second-order valence-electron chi connectivity index (χ2n) is 3.81. The average molecular weight is 176 g/mol. The molecule has 0 aromatic heterocycles. The minimum atomic E-state index is -2.20. The molecule has 0 spiro atoms. The Bertz CT molecular complexity index is 137. The molecule has 0 saturated carbocycles. The van der Waals surface area contributed by atoms with Crippen molar-refractivity contribution < 1.29 is 13.3 Å². The van der Waals surface area contributed by atoms with Gasteiger partial charge in [0.1, 0.15) is 0 Å². The van der Waals surface area contributed by atoms with Crippen molar-refractivity contribution in [2.45, 2.75) is 20.4 Å². The molecule has 0 unspecified atom stereocenters. The first-order chi connectivity index (χ1) is 4.97. The minimum Gasteiger partial charge on any atom is -0.377 e. The fraction of sp³-hybridized carbons (Fsp3) is 1.00. The zero-order chi connectivity index (χ0) is 8.54. The highest BCUT2D eigenvalue weighted by Crippen LogP contribution is 2.26. The molecule has 0 atom stereocenters. The van der Waals surface area contributed by atoms with E-state index >= 15 is 0 Å². The summed E-state index contributed by atoms with van der Waals surface area (Å²) < 4.78 is 16.2. The van der Waals surface area contributed by atoms with Crippen LogP contribution in [0.4, 0.5) is 0 Å². The molecule has 66 valence electrons. The Morgan fingerprint density at radius 2 is 1.73 bits per heavy atom. The Morgan fingerprint density at radius 1 is 1.27 bits per heavy atom. The normalized spacial score (nSPS) is 28.4. The van der Waals surface area contributed by atoms with Crippen LogP contribution in [0.25, 0.3) is 0 Å². The van der Waals surface area contributed by atoms with E-state index < -0.39 is 8.80 Å². The van der Waals surface area contributed by atoms with Crippen LogP contribution < -0.4 is 0 Å². The fourth-order valence-electron chi connectivity index (χ4n) is 0.854. The van der Waals surface area contributed by atoms with E-state index in [1.807, 2.05) is 6.55 Å². The highest BCUT2D eigenvalue weighted by Gasteiger charge is 2.41. The summed E-state index contributed by atoms with van der Waals surface area (Å²) >= 11 is 0. The molecule has 1 rings (SSSR count). The third-order valence-electron chi connectivity index (χ3n) is 1.82. The predicted octanol–water partition coefficient (Wildman–Crippen LogP) is 1.27. The minimum absolute atomic E-state index is 0.144. The summed E-state index contributed by atoms with van der Waals surface area (Å²) in [4.78, 5) is 0. The highest BCUT2D eigenvalue weighted by atomic mass is 28.4. The van der Waals surface area contributed by atoms with Gasteiger partial charge in [-0.15, -0.1) is 0 Å². The molecular weight excluding hydrogens is 160 g/mol. The average Bonchev–Trinajstić information content (AvgIpc) is 1.97. The second kappa shape index (κ2) is 2.86. The Hall–Kier alpha value is 0.0969. The first kappa shape index (κ1) is 9.19. The zero-order valence-corrected chi connectivity index (χ0v) is 8.64. The summed E-state index contributed by atoms with van der Waals surface area (Å²) in [6, 6.07) is 0. The maximum absolute atomic E-state index is 5.52. The molecule has 1 saturated heterocycles. The van der Waals surface area contributed by atoms with Gasteiger partial charge in [-0.05, 0) is 0 Å². The van der Waals surface area contributed by atoms with Gasteiger partial charge in [-0.2, -0.15) is 0 Å². The lowest BCUT2D eigenvalue weighted by Gasteiger charge is -2.37. The third kappa shape index (κ3) is 2.26. The van der Waals surface area contributed by atoms with Gasteiger partial charge in [0, 0.05) is 32.3 Å². The van der Waals surface area contributed by atoms with Gasteiger partial charge < -0.3 is 13.3 Å². The van der Waals surface area contributed by atoms with Crippen molar-refractivity contribution in [3.63, 3.8) is 0 Å². The Morgan fingerprint density at radius 3 is 2.09 bits per heavy atom. The SMILES string of the molecule is CO[Si]1(C)OCC(C)(C)CO1. The van der Waals surface area contributed by atoms with E-state index in [4.69, 9.17) is 13.3 Å². The molecule has 0 radical (unpaired) electrons. The van der Waals surface area contributed by atoms with E-state index in [0.717, 1.165) is 13.2 Å². The van der Waals surface area contributed by atoms with Crippen LogP contribution in [0, 0.1) is 5.41 Å². The van der Waals surface area contributed by atoms with Crippen LogP contribution in [0.15, 0.2) is 0 Å². The molecule has 11 heavy (non-hydrogen) atoms. The molecule has 0 aromatic carbocycles. The van der Waals surface area contributed by atoms with Gasteiger partial charge in [0.25, 0.3) is 0 Å².